The van der Waals surface area contributed by atoms with Gasteiger partial charge < -0.3 is 10.3 Å². The first-order chi connectivity index (χ1) is 7.75. The number of H-pyrrole nitrogens is 1. The summed E-state index contributed by atoms with van der Waals surface area (Å²) < 4.78 is 0. The van der Waals surface area contributed by atoms with Crippen molar-refractivity contribution >= 4 is 29.2 Å². The van der Waals surface area contributed by atoms with Crippen LogP contribution in [0.1, 0.15) is 19.3 Å². The van der Waals surface area contributed by atoms with E-state index < -0.39 is 0 Å². The van der Waals surface area contributed by atoms with E-state index in [4.69, 9.17) is 11.6 Å². The van der Waals surface area contributed by atoms with E-state index in [2.05, 4.69) is 21.5 Å². The lowest BCUT2D eigenvalue weighted by Gasteiger charge is -2.05. The quantitative estimate of drug-likeness (QED) is 0.740. The third-order valence-electron chi connectivity index (χ3n) is 2.11. The van der Waals surface area contributed by atoms with Crippen LogP contribution in [0.3, 0.4) is 0 Å². The van der Waals surface area contributed by atoms with Gasteiger partial charge in [0.05, 0.1) is 6.33 Å². The highest BCUT2D eigenvalue weighted by molar-refractivity contribution is 7.98. The van der Waals surface area contributed by atoms with Gasteiger partial charge in [0.15, 0.2) is 5.82 Å². The van der Waals surface area contributed by atoms with Crippen LogP contribution in [0.25, 0.3) is 0 Å². The monoisotopic (exact) mass is 261 g/mol. The first kappa shape index (κ1) is 13.4. The van der Waals surface area contributed by atoms with Crippen LogP contribution >= 0.6 is 23.4 Å². The molecule has 0 aliphatic carbocycles. The summed E-state index contributed by atoms with van der Waals surface area (Å²) in [4.78, 5) is 17.5. The molecule has 0 unspecified atom stereocenters. The third kappa shape index (κ3) is 4.45. The highest BCUT2D eigenvalue weighted by Crippen LogP contribution is 2.12. The Morgan fingerprint density at radius 3 is 3.06 bits per heavy atom. The van der Waals surface area contributed by atoms with Gasteiger partial charge in [0.25, 0.3) is 5.56 Å². The molecule has 0 fully saturated rings. The number of hydrogen-bond donors (Lipinski definition) is 2. The van der Waals surface area contributed by atoms with Crippen molar-refractivity contribution in [3.8, 4) is 0 Å². The van der Waals surface area contributed by atoms with E-state index in [0.717, 1.165) is 13.0 Å². The van der Waals surface area contributed by atoms with Gasteiger partial charge >= 0.3 is 0 Å². The molecule has 0 radical (unpaired) electrons. The molecule has 2 N–H and O–H groups in total. The molecule has 0 bridgehead atoms. The van der Waals surface area contributed by atoms with Crippen molar-refractivity contribution in [2.24, 2.45) is 0 Å². The van der Waals surface area contributed by atoms with E-state index >= 15 is 0 Å². The molecule has 0 aliphatic rings. The predicted octanol–water partition coefficient (Wildman–Crippen LogP) is 2.37. The fraction of sp³-hybridized carbons (Fsp3) is 0.600. The normalized spacial score (nSPS) is 10.4. The first-order valence-electron chi connectivity index (χ1n) is 5.21. The van der Waals surface area contributed by atoms with Gasteiger partial charge in [-0.25, -0.2) is 4.98 Å². The van der Waals surface area contributed by atoms with Crippen LogP contribution in [-0.4, -0.2) is 28.5 Å². The summed E-state index contributed by atoms with van der Waals surface area (Å²) in [5.74, 6) is 1.67. The molecule has 1 heterocycles. The topological polar surface area (TPSA) is 57.8 Å². The van der Waals surface area contributed by atoms with Crippen molar-refractivity contribution in [3.05, 3.63) is 21.7 Å². The Bertz CT molecular complexity index is 369. The van der Waals surface area contributed by atoms with E-state index in [-0.39, 0.29) is 10.6 Å². The predicted molar refractivity (Wildman–Crippen MR) is 70.6 cm³/mol. The molecular weight excluding hydrogens is 246 g/mol. The van der Waals surface area contributed by atoms with E-state index in [9.17, 15) is 4.79 Å². The number of rotatable bonds is 7. The molecule has 0 saturated carbocycles. The molecule has 4 nitrogen and oxygen atoms in total. The fourth-order valence-corrected chi connectivity index (χ4v) is 1.92. The summed E-state index contributed by atoms with van der Waals surface area (Å²) in [6.07, 6.45) is 6.92. The molecule has 0 aliphatic heterocycles. The van der Waals surface area contributed by atoms with E-state index in [1.165, 1.54) is 24.9 Å². The second-order valence-electron chi connectivity index (χ2n) is 3.37. The highest BCUT2D eigenvalue weighted by Gasteiger charge is 2.03. The van der Waals surface area contributed by atoms with Gasteiger partial charge in [-0.3, -0.25) is 4.79 Å². The van der Waals surface area contributed by atoms with E-state index in [0.29, 0.717) is 5.82 Å². The fourth-order valence-electron chi connectivity index (χ4n) is 1.26. The summed E-state index contributed by atoms with van der Waals surface area (Å²) in [6, 6.07) is 0. The standard InChI is InChI=1S/C10H16ClN3OS/c1-16-6-4-2-3-5-12-9-8(11)10(15)14-7-13-9/h7H,2-6H2,1H3,(H2,12,13,14,15). The average molecular weight is 262 g/mol. The van der Waals surface area contributed by atoms with Crippen LogP contribution in [0.15, 0.2) is 11.1 Å². The SMILES string of the molecule is CSCCCCCNc1nc[nH]c(=O)c1Cl. The summed E-state index contributed by atoms with van der Waals surface area (Å²) >= 11 is 7.64. The highest BCUT2D eigenvalue weighted by atomic mass is 35.5. The van der Waals surface area contributed by atoms with Crippen molar-refractivity contribution in [2.45, 2.75) is 19.3 Å². The number of unbranched alkanes of at least 4 members (excludes halogenated alkanes) is 2. The smallest absolute Gasteiger partial charge is 0.271 e. The minimum atomic E-state index is -0.304. The summed E-state index contributed by atoms with van der Waals surface area (Å²) in [5.41, 5.74) is -0.304. The minimum absolute atomic E-state index is 0.131. The zero-order valence-electron chi connectivity index (χ0n) is 9.25. The molecule has 0 aromatic carbocycles. The van der Waals surface area contributed by atoms with Crippen LogP contribution in [-0.2, 0) is 0 Å². The number of nitrogens with one attached hydrogen (secondary N) is 2. The Labute approximate surface area is 104 Å². The van der Waals surface area contributed by atoms with Crippen molar-refractivity contribution in [1.82, 2.24) is 9.97 Å². The first-order valence-corrected chi connectivity index (χ1v) is 6.99. The Kier molecular flexibility index (Phi) is 6.33. The summed E-state index contributed by atoms with van der Waals surface area (Å²) in [5, 5.41) is 3.19. The zero-order chi connectivity index (χ0) is 11.8. The molecule has 0 saturated heterocycles. The van der Waals surface area contributed by atoms with Crippen LogP contribution < -0.4 is 10.9 Å². The summed E-state index contributed by atoms with van der Waals surface area (Å²) in [7, 11) is 0. The molecule has 0 amide bonds. The Morgan fingerprint density at radius 2 is 2.31 bits per heavy atom. The van der Waals surface area contributed by atoms with Gasteiger partial charge in [-0.1, -0.05) is 18.0 Å². The van der Waals surface area contributed by atoms with E-state index in [1.54, 1.807) is 0 Å². The Morgan fingerprint density at radius 1 is 1.50 bits per heavy atom. The molecule has 0 atom stereocenters. The molecule has 90 valence electrons. The van der Waals surface area contributed by atoms with Crippen molar-refractivity contribution in [3.63, 3.8) is 0 Å². The number of thioether (sulfide) groups is 1. The maximum absolute atomic E-state index is 11.1. The van der Waals surface area contributed by atoms with E-state index in [1.807, 2.05) is 11.8 Å². The number of aromatic nitrogens is 2. The van der Waals surface area contributed by atoms with Crippen LogP contribution in [0.2, 0.25) is 5.02 Å². The Hall–Kier alpha value is -0.680. The zero-order valence-corrected chi connectivity index (χ0v) is 10.8. The largest absolute Gasteiger partial charge is 0.369 e. The second kappa shape index (κ2) is 7.57. The number of halogens is 1. The lowest BCUT2D eigenvalue weighted by atomic mass is 10.2. The number of anilines is 1. The second-order valence-corrected chi connectivity index (χ2v) is 4.74. The number of hydrogen-bond acceptors (Lipinski definition) is 4. The van der Waals surface area contributed by atoms with Gasteiger partial charge in [-0.2, -0.15) is 11.8 Å². The maximum atomic E-state index is 11.1. The van der Waals surface area contributed by atoms with Crippen molar-refractivity contribution in [2.75, 3.05) is 23.9 Å². The Balaban J connectivity index is 2.27. The number of aromatic amines is 1. The number of nitrogens with zero attached hydrogens (tertiary/aromatic N) is 1. The molecule has 16 heavy (non-hydrogen) atoms. The van der Waals surface area contributed by atoms with Gasteiger partial charge in [0.2, 0.25) is 0 Å². The molecule has 1 rings (SSSR count). The van der Waals surface area contributed by atoms with Crippen LogP contribution in [0.5, 0.6) is 0 Å². The van der Waals surface area contributed by atoms with Gasteiger partial charge in [-0.05, 0) is 24.9 Å². The minimum Gasteiger partial charge on any atom is -0.369 e. The maximum Gasteiger partial charge on any atom is 0.271 e. The van der Waals surface area contributed by atoms with Gasteiger partial charge in [0, 0.05) is 6.54 Å². The van der Waals surface area contributed by atoms with Crippen molar-refractivity contribution < 1.29 is 0 Å². The summed E-state index contributed by atoms with van der Waals surface area (Å²) in [6.45, 7) is 0.796. The molecule has 0 spiro atoms. The van der Waals surface area contributed by atoms with Crippen LogP contribution in [0, 0.1) is 0 Å². The van der Waals surface area contributed by atoms with Gasteiger partial charge in [-0.15, -0.1) is 0 Å². The third-order valence-corrected chi connectivity index (χ3v) is 3.16. The molecule has 6 heteroatoms. The van der Waals surface area contributed by atoms with Crippen LogP contribution in [0.4, 0.5) is 5.82 Å². The lowest BCUT2D eigenvalue weighted by molar-refractivity contribution is 0.748. The lowest BCUT2D eigenvalue weighted by Crippen LogP contribution is -2.12. The molecule has 1 aromatic rings. The van der Waals surface area contributed by atoms with Crippen molar-refractivity contribution in [1.29, 1.82) is 0 Å². The van der Waals surface area contributed by atoms with Gasteiger partial charge in [0.1, 0.15) is 5.02 Å². The average Bonchev–Trinajstić information content (AvgIpc) is 2.29. The molecular formula is C10H16ClN3OS. The molecule has 1 aromatic heterocycles.